The fourth-order valence-corrected chi connectivity index (χ4v) is 7.48. The molecule has 1 aliphatic heterocycles. The number of hydrogen-bond acceptors (Lipinski definition) is 9. The molecule has 3 aromatic heterocycles. The van der Waals surface area contributed by atoms with Gasteiger partial charge in [-0.05, 0) is 61.6 Å². The van der Waals surface area contributed by atoms with E-state index in [9.17, 15) is 41.8 Å². The van der Waals surface area contributed by atoms with Crippen LogP contribution in [0, 0.1) is 11.7 Å². The zero-order chi connectivity index (χ0) is 41.6. The molecular formula is C39H31Cl2F4N7O6. The molecule has 2 atom stereocenters. The van der Waals surface area contributed by atoms with Gasteiger partial charge in [-0.2, -0.15) is 0 Å². The number of anilines is 2. The van der Waals surface area contributed by atoms with Crippen LogP contribution in [0.3, 0.4) is 0 Å². The third-order valence-electron chi connectivity index (χ3n) is 10.1. The van der Waals surface area contributed by atoms with Crippen molar-refractivity contribution in [1.82, 2.24) is 29.8 Å². The SMILES string of the molecule is C[C@@]1(Cc2ccc(-c3cnc(OC(F)(F)F)nc3)cc2)C(=O)N(c2cc(Cl)c(F)c(Cl)c2)c2ncc(C(=O)C[C@H](CCC(=O)O)C(=O)NC3(c4ccccn4)CC3)n21. The Bertz CT molecular complexity index is 2390. The van der Waals surface area contributed by atoms with Gasteiger partial charge in [0.15, 0.2) is 11.6 Å². The van der Waals surface area contributed by atoms with E-state index in [4.69, 9.17) is 23.2 Å². The van der Waals surface area contributed by atoms with Crippen LogP contribution in [0.5, 0.6) is 6.01 Å². The number of ether oxygens (including phenoxy) is 1. The van der Waals surface area contributed by atoms with Gasteiger partial charge in [-0.25, -0.2) is 24.2 Å². The lowest BCUT2D eigenvalue weighted by Crippen LogP contribution is -2.42. The maximum atomic E-state index is 14.6. The van der Waals surface area contributed by atoms with Crippen LogP contribution in [0.2, 0.25) is 10.0 Å². The smallest absolute Gasteiger partial charge is 0.481 e. The van der Waals surface area contributed by atoms with Gasteiger partial charge in [0.2, 0.25) is 11.9 Å². The fourth-order valence-electron chi connectivity index (χ4n) is 7.01. The van der Waals surface area contributed by atoms with Gasteiger partial charge in [0.25, 0.3) is 5.91 Å². The lowest BCUT2D eigenvalue weighted by molar-refractivity contribution is -0.277. The van der Waals surface area contributed by atoms with Gasteiger partial charge >= 0.3 is 18.3 Å². The van der Waals surface area contributed by atoms with Crippen LogP contribution >= 0.6 is 23.2 Å². The molecule has 2 aromatic carbocycles. The number of nitrogens with zero attached hydrogens (tertiary/aromatic N) is 6. The Labute approximate surface area is 337 Å². The summed E-state index contributed by atoms with van der Waals surface area (Å²) in [6, 6.07) is 13.4. The van der Waals surface area contributed by atoms with Crippen molar-refractivity contribution >= 4 is 58.4 Å². The lowest BCUT2D eigenvalue weighted by atomic mass is 9.90. The Hall–Kier alpha value is -5.94. The van der Waals surface area contributed by atoms with Gasteiger partial charge in [-0.3, -0.25) is 28.7 Å². The number of alkyl halides is 3. The molecule has 1 saturated carbocycles. The number of ketones is 1. The maximum absolute atomic E-state index is 14.6. The number of aliphatic carboxylic acids is 1. The number of carboxylic acid groups (broad SMARTS) is 1. The van der Waals surface area contributed by atoms with Crippen molar-refractivity contribution in [2.24, 2.45) is 5.92 Å². The third-order valence-corrected chi connectivity index (χ3v) is 10.6. The second-order valence-corrected chi connectivity index (χ2v) is 14.9. The molecule has 300 valence electrons. The van der Waals surface area contributed by atoms with Gasteiger partial charge in [-0.1, -0.05) is 53.5 Å². The van der Waals surface area contributed by atoms with Crippen molar-refractivity contribution in [2.45, 2.75) is 62.9 Å². The molecule has 0 bridgehead atoms. The summed E-state index contributed by atoms with van der Waals surface area (Å²) in [5.74, 6) is -4.88. The monoisotopic (exact) mass is 839 g/mol. The van der Waals surface area contributed by atoms with Gasteiger partial charge in [-0.15, -0.1) is 13.2 Å². The second kappa shape index (κ2) is 15.4. The Morgan fingerprint density at radius 1 is 0.966 bits per heavy atom. The van der Waals surface area contributed by atoms with Gasteiger partial charge in [0.05, 0.1) is 33.2 Å². The summed E-state index contributed by atoms with van der Waals surface area (Å²) >= 11 is 12.3. The molecule has 0 spiro atoms. The summed E-state index contributed by atoms with van der Waals surface area (Å²) in [5.41, 5.74) is -0.184. The summed E-state index contributed by atoms with van der Waals surface area (Å²) in [6.07, 6.45) is 0.405. The molecule has 4 heterocycles. The van der Waals surface area contributed by atoms with Crippen LogP contribution in [0.25, 0.3) is 11.1 Å². The fraction of sp³-hybridized carbons (Fsp3) is 0.282. The summed E-state index contributed by atoms with van der Waals surface area (Å²) in [5, 5.41) is 11.7. The van der Waals surface area contributed by atoms with Crippen molar-refractivity contribution in [3.05, 3.63) is 112 Å². The number of Topliss-reactive ketones (excluding diaryl/α,β-unsaturated/α-hetero) is 1. The predicted molar refractivity (Wildman–Crippen MR) is 200 cm³/mol. The third kappa shape index (κ3) is 8.09. The molecular weight excluding hydrogens is 809 g/mol. The number of imidazole rings is 1. The van der Waals surface area contributed by atoms with Gasteiger partial charge in [0.1, 0.15) is 11.2 Å². The Morgan fingerprint density at radius 2 is 1.64 bits per heavy atom. The van der Waals surface area contributed by atoms with Crippen molar-refractivity contribution < 1.29 is 46.6 Å². The number of hydrogen-bond donors (Lipinski definition) is 2. The first kappa shape index (κ1) is 40.3. The van der Waals surface area contributed by atoms with Crippen LogP contribution in [-0.4, -0.2) is 59.5 Å². The molecule has 2 aliphatic rings. The van der Waals surface area contributed by atoms with Crippen LogP contribution in [-0.2, 0) is 31.9 Å². The maximum Gasteiger partial charge on any atom is 0.575 e. The Balaban J connectivity index is 1.21. The average molecular weight is 841 g/mol. The minimum atomic E-state index is -4.96. The molecule has 58 heavy (non-hydrogen) atoms. The predicted octanol–water partition coefficient (Wildman–Crippen LogP) is 7.58. The summed E-state index contributed by atoms with van der Waals surface area (Å²) in [4.78, 5) is 71.5. The Morgan fingerprint density at radius 3 is 2.22 bits per heavy atom. The standard InChI is InChI=1S/C39H31Cl2F4N7O6/c1-37(17-21-5-7-22(8-6-21)24-18-47-35(48-19-24)58-39(43,44)45)34(57)51(25-15-26(40)32(42)27(41)16-25)36-49-20-28(52(36)37)29(53)14-23(9-10-31(54)55)33(56)50-38(11-12-38)30-4-2-3-13-46-30/h2-8,13,15-16,18-20,23H,9-12,14,17H2,1H3,(H,50,56)(H,54,55)/t23-,37+/m0/s1. The lowest BCUT2D eigenvalue weighted by Gasteiger charge is -2.27. The topological polar surface area (TPSA) is 170 Å². The molecule has 1 aliphatic carbocycles. The zero-order valence-electron chi connectivity index (χ0n) is 30.3. The van der Waals surface area contributed by atoms with E-state index in [-0.39, 0.29) is 40.2 Å². The minimum absolute atomic E-state index is 0.0249. The van der Waals surface area contributed by atoms with Crippen molar-refractivity contribution in [2.75, 3.05) is 4.90 Å². The highest BCUT2D eigenvalue weighted by atomic mass is 35.5. The largest absolute Gasteiger partial charge is 0.575 e. The highest BCUT2D eigenvalue weighted by Crippen LogP contribution is 2.46. The molecule has 19 heteroatoms. The number of amides is 2. The molecule has 2 amide bonds. The van der Waals surface area contributed by atoms with E-state index < -0.39 is 71.6 Å². The first-order chi connectivity index (χ1) is 27.5. The zero-order valence-corrected chi connectivity index (χ0v) is 31.8. The first-order valence-electron chi connectivity index (χ1n) is 17.7. The highest BCUT2D eigenvalue weighted by Gasteiger charge is 2.52. The van der Waals surface area contributed by atoms with Crippen molar-refractivity contribution in [3.8, 4) is 17.1 Å². The quantitative estimate of drug-likeness (QED) is 0.0646. The summed E-state index contributed by atoms with van der Waals surface area (Å²) < 4.78 is 57.4. The molecule has 7 rings (SSSR count). The highest BCUT2D eigenvalue weighted by molar-refractivity contribution is 6.35. The number of rotatable bonds is 14. The molecule has 0 radical (unpaired) electrons. The number of pyridine rings is 1. The summed E-state index contributed by atoms with van der Waals surface area (Å²) in [7, 11) is 0. The van der Waals surface area contributed by atoms with Crippen LogP contribution < -0.4 is 15.0 Å². The number of carboxylic acids is 1. The van der Waals surface area contributed by atoms with E-state index in [1.807, 2.05) is 0 Å². The van der Waals surface area contributed by atoms with Crippen LogP contribution in [0.15, 0.2) is 79.4 Å². The van der Waals surface area contributed by atoms with E-state index >= 15 is 0 Å². The van der Waals surface area contributed by atoms with E-state index in [0.717, 1.165) is 17.3 Å². The van der Waals surface area contributed by atoms with E-state index in [1.54, 1.807) is 55.6 Å². The van der Waals surface area contributed by atoms with E-state index in [2.05, 4.69) is 30.0 Å². The average Bonchev–Trinajstić information content (AvgIpc) is 3.77. The number of fused-ring (bicyclic) bond motifs is 1. The van der Waals surface area contributed by atoms with E-state index in [0.29, 0.717) is 35.2 Å². The molecule has 2 N–H and O–H groups in total. The molecule has 5 aromatic rings. The molecule has 1 fully saturated rings. The number of halogens is 6. The number of carbonyl (C=O) groups is 4. The summed E-state index contributed by atoms with van der Waals surface area (Å²) in [6.45, 7) is 1.57. The Kier molecular flexibility index (Phi) is 10.7. The first-order valence-corrected chi connectivity index (χ1v) is 18.5. The van der Waals surface area contributed by atoms with Crippen molar-refractivity contribution in [1.29, 1.82) is 0 Å². The minimum Gasteiger partial charge on any atom is -0.481 e. The normalized spacial score (nSPS) is 17.4. The van der Waals surface area contributed by atoms with Gasteiger partial charge in [0, 0.05) is 49.3 Å². The number of carbonyl (C=O) groups excluding carboxylic acids is 3. The van der Waals surface area contributed by atoms with Crippen LogP contribution in [0.4, 0.5) is 29.2 Å². The molecule has 0 saturated heterocycles. The number of benzene rings is 2. The number of aromatic nitrogens is 5. The molecule has 0 unspecified atom stereocenters. The molecule has 13 nitrogen and oxygen atoms in total. The van der Waals surface area contributed by atoms with Crippen molar-refractivity contribution in [3.63, 3.8) is 0 Å². The van der Waals surface area contributed by atoms with Gasteiger partial charge < -0.3 is 15.2 Å². The van der Waals surface area contributed by atoms with E-state index in [1.165, 1.54) is 22.9 Å². The number of nitrogens with one attached hydrogen (secondary N) is 1. The van der Waals surface area contributed by atoms with Crippen LogP contribution in [0.1, 0.15) is 60.8 Å². The second-order valence-electron chi connectivity index (χ2n) is 14.1.